The Labute approximate surface area is 144 Å². The molecule has 25 heavy (non-hydrogen) atoms. The molecule has 0 bridgehead atoms. The maximum absolute atomic E-state index is 12.1. The summed E-state index contributed by atoms with van der Waals surface area (Å²) in [6.07, 6.45) is 0. The molecular weight excluding hydrogens is 326 g/mol. The van der Waals surface area contributed by atoms with Crippen LogP contribution < -0.4 is 14.9 Å². The van der Waals surface area contributed by atoms with Crippen LogP contribution in [0.15, 0.2) is 47.6 Å². The second-order valence-electron chi connectivity index (χ2n) is 5.02. The highest BCUT2D eigenvalue weighted by molar-refractivity contribution is 6.01. The molecule has 0 aliphatic rings. The average Bonchev–Trinajstić information content (AvgIpc) is 2.65. The molecule has 2 rings (SSSR count). The van der Waals surface area contributed by atoms with Crippen molar-refractivity contribution < 1.29 is 19.2 Å². The van der Waals surface area contributed by atoms with Crippen LogP contribution in [-0.4, -0.2) is 30.8 Å². The molecule has 0 radical (unpaired) electrons. The Hall–Kier alpha value is -3.42. The highest BCUT2D eigenvalue weighted by atomic mass is 16.6. The van der Waals surface area contributed by atoms with Crippen molar-refractivity contribution in [3.05, 3.63) is 63.7 Å². The van der Waals surface area contributed by atoms with Crippen LogP contribution in [0.25, 0.3) is 0 Å². The Morgan fingerprint density at radius 3 is 2.44 bits per heavy atom. The van der Waals surface area contributed by atoms with E-state index >= 15 is 0 Å². The number of carbonyl (C=O) groups excluding carboxylic acids is 1. The molecule has 0 aliphatic heterocycles. The minimum atomic E-state index is -0.561. The van der Waals surface area contributed by atoms with E-state index in [0.29, 0.717) is 17.2 Å². The van der Waals surface area contributed by atoms with Crippen molar-refractivity contribution in [1.82, 2.24) is 5.43 Å². The molecule has 0 saturated heterocycles. The van der Waals surface area contributed by atoms with E-state index in [1.165, 1.54) is 38.5 Å². The molecule has 8 nitrogen and oxygen atoms in total. The van der Waals surface area contributed by atoms with Gasteiger partial charge in [0.1, 0.15) is 0 Å². The number of nitrogens with one attached hydrogen (secondary N) is 1. The number of nitro groups is 1. The molecule has 0 unspecified atom stereocenters. The van der Waals surface area contributed by atoms with Crippen LogP contribution >= 0.6 is 0 Å². The van der Waals surface area contributed by atoms with Gasteiger partial charge in [0.25, 0.3) is 11.6 Å². The summed E-state index contributed by atoms with van der Waals surface area (Å²) >= 11 is 0. The normalized spacial score (nSPS) is 10.9. The number of methoxy groups -OCH3 is 2. The lowest BCUT2D eigenvalue weighted by atomic mass is 10.1. The number of ether oxygens (including phenoxy) is 2. The number of hydrogen-bond acceptors (Lipinski definition) is 6. The van der Waals surface area contributed by atoms with Crippen molar-refractivity contribution in [2.24, 2.45) is 5.10 Å². The van der Waals surface area contributed by atoms with Gasteiger partial charge in [-0.3, -0.25) is 14.9 Å². The number of non-ortho nitro benzene ring substituents is 1. The number of rotatable bonds is 6. The number of carbonyl (C=O) groups is 1. The molecular formula is C17H17N3O5. The van der Waals surface area contributed by atoms with E-state index in [1.807, 2.05) is 0 Å². The van der Waals surface area contributed by atoms with Gasteiger partial charge in [-0.1, -0.05) is 6.07 Å². The molecule has 0 spiro atoms. The molecule has 0 aromatic heterocycles. The summed E-state index contributed by atoms with van der Waals surface area (Å²) in [5.41, 5.74) is 3.65. The Kier molecular flexibility index (Phi) is 5.67. The minimum absolute atomic E-state index is 0.151. The molecule has 0 atom stereocenters. The molecule has 0 heterocycles. The van der Waals surface area contributed by atoms with Crippen LogP contribution in [0.5, 0.6) is 11.5 Å². The summed E-state index contributed by atoms with van der Waals surface area (Å²) in [4.78, 5) is 22.3. The van der Waals surface area contributed by atoms with E-state index in [1.54, 1.807) is 25.1 Å². The number of benzene rings is 2. The third-order valence-corrected chi connectivity index (χ3v) is 3.45. The molecule has 0 aliphatic carbocycles. The fraction of sp³-hybridized carbons (Fsp3) is 0.176. The van der Waals surface area contributed by atoms with Crippen LogP contribution in [0.1, 0.15) is 22.8 Å². The van der Waals surface area contributed by atoms with Gasteiger partial charge >= 0.3 is 0 Å². The van der Waals surface area contributed by atoms with Gasteiger partial charge in [0.05, 0.1) is 24.9 Å². The number of amides is 1. The summed E-state index contributed by atoms with van der Waals surface area (Å²) < 4.78 is 10.4. The maximum atomic E-state index is 12.1. The summed E-state index contributed by atoms with van der Waals surface area (Å²) in [5.74, 6) is 0.586. The molecule has 8 heteroatoms. The molecule has 2 aromatic carbocycles. The number of nitrogens with zero attached hydrogens (tertiary/aromatic N) is 2. The Balaban J connectivity index is 2.16. The Morgan fingerprint density at radius 2 is 1.80 bits per heavy atom. The van der Waals surface area contributed by atoms with Gasteiger partial charge in [-0.2, -0.15) is 5.10 Å². The average molecular weight is 343 g/mol. The SMILES string of the molecule is COc1ccc(/C(C)=N\NC(=O)c2cccc([N+](=O)[O-])c2)cc1OC. The number of nitro benzene ring substituents is 1. The number of hydrogen-bond donors (Lipinski definition) is 1. The van der Waals surface area contributed by atoms with E-state index in [-0.39, 0.29) is 11.3 Å². The highest BCUT2D eigenvalue weighted by Crippen LogP contribution is 2.27. The van der Waals surface area contributed by atoms with Gasteiger partial charge in [0, 0.05) is 23.3 Å². The standard InChI is InChI=1S/C17H17N3O5/c1-11(12-7-8-15(24-2)16(10-12)25-3)18-19-17(21)13-5-4-6-14(9-13)20(22)23/h4-10H,1-3H3,(H,19,21)/b18-11-. The molecule has 130 valence electrons. The topological polar surface area (TPSA) is 103 Å². The maximum Gasteiger partial charge on any atom is 0.271 e. The largest absolute Gasteiger partial charge is 0.493 e. The van der Waals surface area contributed by atoms with E-state index in [9.17, 15) is 14.9 Å². The van der Waals surface area contributed by atoms with Gasteiger partial charge in [-0.15, -0.1) is 0 Å². The molecule has 1 amide bonds. The predicted molar refractivity (Wildman–Crippen MR) is 92.3 cm³/mol. The van der Waals surface area contributed by atoms with E-state index in [4.69, 9.17) is 9.47 Å². The lowest BCUT2D eigenvalue weighted by Gasteiger charge is -2.09. The Bertz CT molecular complexity index is 833. The zero-order valence-electron chi connectivity index (χ0n) is 14.0. The van der Waals surface area contributed by atoms with Gasteiger partial charge in [0.2, 0.25) is 0 Å². The summed E-state index contributed by atoms with van der Waals surface area (Å²) in [6, 6.07) is 10.7. The summed E-state index contributed by atoms with van der Waals surface area (Å²) in [5, 5.41) is 14.8. The van der Waals surface area contributed by atoms with Gasteiger partial charge in [-0.05, 0) is 31.2 Å². The van der Waals surface area contributed by atoms with Gasteiger partial charge in [-0.25, -0.2) is 5.43 Å². The first-order valence-electron chi connectivity index (χ1n) is 7.27. The van der Waals surface area contributed by atoms with Crippen molar-refractivity contribution in [3.63, 3.8) is 0 Å². The first kappa shape index (κ1) is 17.9. The third-order valence-electron chi connectivity index (χ3n) is 3.45. The van der Waals surface area contributed by atoms with E-state index in [2.05, 4.69) is 10.5 Å². The van der Waals surface area contributed by atoms with E-state index < -0.39 is 10.8 Å². The van der Waals surface area contributed by atoms with Crippen LogP contribution in [0, 0.1) is 10.1 Å². The third kappa shape index (κ3) is 4.31. The van der Waals surface area contributed by atoms with Crippen molar-refractivity contribution >= 4 is 17.3 Å². The Morgan fingerprint density at radius 1 is 1.08 bits per heavy atom. The van der Waals surface area contributed by atoms with Crippen LogP contribution in [0.4, 0.5) is 5.69 Å². The zero-order valence-corrected chi connectivity index (χ0v) is 14.0. The predicted octanol–water partition coefficient (Wildman–Crippen LogP) is 2.77. The second-order valence-corrected chi connectivity index (χ2v) is 5.02. The second kappa shape index (κ2) is 7.91. The van der Waals surface area contributed by atoms with Crippen LogP contribution in [0.3, 0.4) is 0 Å². The zero-order chi connectivity index (χ0) is 18.4. The first-order valence-corrected chi connectivity index (χ1v) is 7.27. The van der Waals surface area contributed by atoms with Crippen molar-refractivity contribution in [3.8, 4) is 11.5 Å². The highest BCUT2D eigenvalue weighted by Gasteiger charge is 2.11. The summed E-state index contributed by atoms with van der Waals surface area (Å²) in [7, 11) is 3.07. The van der Waals surface area contributed by atoms with Crippen molar-refractivity contribution in [2.45, 2.75) is 6.92 Å². The summed E-state index contributed by atoms with van der Waals surface area (Å²) in [6.45, 7) is 1.72. The monoisotopic (exact) mass is 343 g/mol. The fourth-order valence-electron chi connectivity index (χ4n) is 2.09. The van der Waals surface area contributed by atoms with Crippen molar-refractivity contribution in [2.75, 3.05) is 14.2 Å². The minimum Gasteiger partial charge on any atom is -0.493 e. The lowest BCUT2D eigenvalue weighted by molar-refractivity contribution is -0.384. The molecule has 0 fully saturated rings. The molecule has 1 N–H and O–H groups in total. The fourth-order valence-corrected chi connectivity index (χ4v) is 2.09. The van der Waals surface area contributed by atoms with E-state index in [0.717, 1.165) is 5.56 Å². The van der Waals surface area contributed by atoms with Crippen LogP contribution in [0.2, 0.25) is 0 Å². The van der Waals surface area contributed by atoms with Gasteiger partial charge in [0.15, 0.2) is 11.5 Å². The van der Waals surface area contributed by atoms with Gasteiger partial charge < -0.3 is 9.47 Å². The van der Waals surface area contributed by atoms with Crippen molar-refractivity contribution in [1.29, 1.82) is 0 Å². The van der Waals surface area contributed by atoms with Crippen LogP contribution in [-0.2, 0) is 0 Å². The molecule has 0 saturated carbocycles. The first-order chi connectivity index (χ1) is 12.0. The molecule has 2 aromatic rings. The number of hydrazone groups is 1. The quantitative estimate of drug-likeness (QED) is 0.493. The smallest absolute Gasteiger partial charge is 0.271 e. The lowest BCUT2D eigenvalue weighted by Crippen LogP contribution is -2.19.